The molecule has 0 radical (unpaired) electrons. The van der Waals surface area contributed by atoms with Gasteiger partial charge in [-0.2, -0.15) is 0 Å². The molecule has 0 atom stereocenters. The molecule has 37 heavy (non-hydrogen) atoms. The molecule has 0 aliphatic rings. The maximum atomic E-state index is 13.6. The summed E-state index contributed by atoms with van der Waals surface area (Å²) in [4.78, 5) is 15.3. The Labute approximate surface area is 219 Å². The van der Waals surface area contributed by atoms with Crippen molar-refractivity contribution in [2.45, 2.75) is 4.90 Å². The van der Waals surface area contributed by atoms with Crippen molar-refractivity contribution in [3.8, 4) is 17.4 Å². The van der Waals surface area contributed by atoms with Crippen LogP contribution >= 0.6 is 15.9 Å². The lowest BCUT2D eigenvalue weighted by molar-refractivity contribution is -0.116. The van der Waals surface area contributed by atoms with Crippen LogP contribution in [0.4, 0.5) is 15.8 Å². The first-order chi connectivity index (χ1) is 17.6. The number of carbonyl (C=O) groups is 1. The number of sulfonamides is 1. The van der Waals surface area contributed by atoms with Crippen LogP contribution in [-0.2, 0) is 14.8 Å². The highest BCUT2D eigenvalue weighted by atomic mass is 79.9. The van der Waals surface area contributed by atoms with E-state index < -0.39 is 28.3 Å². The van der Waals surface area contributed by atoms with Crippen LogP contribution in [0.25, 0.3) is 10.9 Å². The Bertz CT molecular complexity index is 1610. The molecular formula is C24H20BrFN4O6S. The summed E-state index contributed by atoms with van der Waals surface area (Å²) in [5.74, 6) is -1.35. The zero-order chi connectivity index (χ0) is 26.7. The SMILES string of the molecule is COc1ccc(S(=O)(=O)N(CC(=O)N=Nc2c(O)[nH]c3ccc(Br)cc23)c2ccc(F)cc2)cc1OC. The van der Waals surface area contributed by atoms with Crippen molar-refractivity contribution in [1.82, 2.24) is 4.98 Å². The second-order valence-electron chi connectivity index (χ2n) is 7.61. The van der Waals surface area contributed by atoms with E-state index >= 15 is 0 Å². The molecule has 0 bridgehead atoms. The third-order valence-corrected chi connectivity index (χ3v) is 7.58. The van der Waals surface area contributed by atoms with Crippen molar-refractivity contribution >= 4 is 54.1 Å². The quantitative estimate of drug-likeness (QED) is 0.267. The largest absolute Gasteiger partial charge is 0.493 e. The molecule has 192 valence electrons. The molecule has 4 rings (SSSR count). The number of nitrogens with one attached hydrogen (secondary N) is 1. The average Bonchev–Trinajstić information content (AvgIpc) is 3.20. The Morgan fingerprint density at radius 2 is 1.76 bits per heavy atom. The van der Waals surface area contributed by atoms with E-state index in [0.29, 0.717) is 21.1 Å². The summed E-state index contributed by atoms with van der Waals surface area (Å²) < 4.78 is 52.6. The lowest BCUT2D eigenvalue weighted by Gasteiger charge is -2.23. The fourth-order valence-electron chi connectivity index (χ4n) is 3.52. The number of benzene rings is 3. The van der Waals surface area contributed by atoms with Crippen LogP contribution < -0.4 is 13.8 Å². The molecule has 0 spiro atoms. The van der Waals surface area contributed by atoms with Gasteiger partial charge in [0.1, 0.15) is 12.4 Å². The Morgan fingerprint density at radius 1 is 1.05 bits per heavy atom. The summed E-state index contributed by atoms with van der Waals surface area (Å²) in [5, 5.41) is 18.2. The van der Waals surface area contributed by atoms with Crippen molar-refractivity contribution in [1.29, 1.82) is 0 Å². The van der Waals surface area contributed by atoms with Gasteiger partial charge in [0.2, 0.25) is 5.88 Å². The smallest absolute Gasteiger partial charge is 0.285 e. The number of hydrogen-bond donors (Lipinski definition) is 2. The first-order valence-electron chi connectivity index (χ1n) is 10.6. The van der Waals surface area contributed by atoms with E-state index in [1.807, 2.05) is 0 Å². The van der Waals surface area contributed by atoms with Crippen molar-refractivity contribution in [2.75, 3.05) is 25.1 Å². The number of carbonyl (C=O) groups excluding carboxylic acids is 1. The summed E-state index contributed by atoms with van der Waals surface area (Å²) in [7, 11) is -1.59. The molecule has 0 saturated carbocycles. The van der Waals surface area contributed by atoms with Crippen LogP contribution in [0.2, 0.25) is 0 Å². The van der Waals surface area contributed by atoms with Crippen LogP contribution in [0.1, 0.15) is 0 Å². The van der Waals surface area contributed by atoms with Crippen molar-refractivity contribution in [3.05, 3.63) is 71.0 Å². The molecular weight excluding hydrogens is 571 g/mol. The highest BCUT2D eigenvalue weighted by molar-refractivity contribution is 9.10. The van der Waals surface area contributed by atoms with Crippen LogP contribution in [0.5, 0.6) is 17.4 Å². The first kappa shape index (κ1) is 26.1. The van der Waals surface area contributed by atoms with Crippen LogP contribution in [-0.4, -0.2) is 45.2 Å². The molecule has 1 aromatic heterocycles. The molecule has 0 aliphatic carbocycles. The monoisotopic (exact) mass is 590 g/mol. The number of aromatic hydroxyl groups is 1. The van der Waals surface area contributed by atoms with Gasteiger partial charge in [0.05, 0.1) is 30.3 Å². The van der Waals surface area contributed by atoms with E-state index in [4.69, 9.17) is 9.47 Å². The number of methoxy groups -OCH3 is 2. The Morgan fingerprint density at radius 3 is 2.43 bits per heavy atom. The number of rotatable bonds is 8. The number of ether oxygens (including phenoxy) is 2. The molecule has 1 amide bonds. The van der Waals surface area contributed by atoms with E-state index in [1.54, 1.807) is 18.2 Å². The molecule has 13 heteroatoms. The minimum Gasteiger partial charge on any atom is -0.493 e. The number of fused-ring (bicyclic) bond motifs is 1. The van der Waals surface area contributed by atoms with Gasteiger partial charge in [0, 0.05) is 15.9 Å². The molecule has 0 unspecified atom stereocenters. The maximum absolute atomic E-state index is 13.6. The molecule has 2 N–H and O–H groups in total. The van der Waals surface area contributed by atoms with E-state index in [0.717, 1.165) is 16.4 Å². The fraction of sp³-hybridized carbons (Fsp3) is 0.125. The van der Waals surface area contributed by atoms with Gasteiger partial charge in [-0.15, -0.1) is 10.2 Å². The molecule has 1 heterocycles. The van der Waals surface area contributed by atoms with Crippen LogP contribution in [0.15, 0.2) is 80.3 Å². The number of H-pyrrole nitrogens is 1. The van der Waals surface area contributed by atoms with Gasteiger partial charge in [0.25, 0.3) is 15.9 Å². The number of hydrogen-bond acceptors (Lipinski definition) is 7. The predicted octanol–water partition coefficient (Wildman–Crippen LogP) is 5.30. The van der Waals surface area contributed by atoms with Gasteiger partial charge in [-0.1, -0.05) is 15.9 Å². The summed E-state index contributed by atoms with van der Waals surface area (Å²) in [6.45, 7) is -0.751. The molecule has 0 aliphatic heterocycles. The van der Waals surface area contributed by atoms with E-state index in [-0.39, 0.29) is 27.9 Å². The van der Waals surface area contributed by atoms with Crippen molar-refractivity contribution < 1.29 is 32.2 Å². The number of amides is 1. The molecule has 3 aromatic carbocycles. The lowest BCUT2D eigenvalue weighted by Crippen LogP contribution is -2.35. The summed E-state index contributed by atoms with van der Waals surface area (Å²) in [6.07, 6.45) is 0. The van der Waals surface area contributed by atoms with Gasteiger partial charge in [-0.3, -0.25) is 9.10 Å². The average molecular weight is 591 g/mol. The number of azo groups is 1. The normalized spacial score (nSPS) is 11.7. The van der Waals surface area contributed by atoms with Crippen LogP contribution in [0.3, 0.4) is 0 Å². The predicted molar refractivity (Wildman–Crippen MR) is 138 cm³/mol. The van der Waals surface area contributed by atoms with Gasteiger partial charge in [-0.25, -0.2) is 12.8 Å². The highest BCUT2D eigenvalue weighted by Gasteiger charge is 2.28. The summed E-state index contributed by atoms with van der Waals surface area (Å²) >= 11 is 3.33. The second kappa shape index (κ2) is 10.6. The number of aromatic amines is 1. The van der Waals surface area contributed by atoms with E-state index in [9.17, 15) is 22.7 Å². The topological polar surface area (TPSA) is 134 Å². The number of anilines is 1. The number of nitrogens with zero attached hydrogens (tertiary/aromatic N) is 3. The molecule has 4 aromatic rings. The molecule has 0 fully saturated rings. The maximum Gasteiger partial charge on any atom is 0.285 e. The number of halogens is 2. The minimum absolute atomic E-state index is 0.0146. The molecule has 0 saturated heterocycles. The lowest BCUT2D eigenvalue weighted by atomic mass is 10.2. The third-order valence-electron chi connectivity index (χ3n) is 5.31. The first-order valence-corrected chi connectivity index (χ1v) is 12.8. The minimum atomic E-state index is -4.35. The van der Waals surface area contributed by atoms with Gasteiger partial charge in [0.15, 0.2) is 17.2 Å². The van der Waals surface area contributed by atoms with E-state index in [1.165, 1.54) is 44.6 Å². The Kier molecular flexibility index (Phi) is 7.45. The second-order valence-corrected chi connectivity index (χ2v) is 10.4. The standard InChI is InChI=1S/C24H20BrFN4O6S/c1-35-20-10-8-17(12-21(20)36-2)37(33,34)30(16-6-4-15(26)5-7-16)13-22(31)28-29-23-18-11-14(25)3-9-19(18)27-24(23)32/h3-12,27,32H,13H2,1-2H3. The Balaban J connectivity index is 1.70. The van der Waals surface area contributed by atoms with Crippen molar-refractivity contribution in [2.24, 2.45) is 10.2 Å². The summed E-state index contributed by atoms with van der Waals surface area (Å²) in [6, 6.07) is 13.7. The van der Waals surface area contributed by atoms with Gasteiger partial charge >= 0.3 is 0 Å². The highest BCUT2D eigenvalue weighted by Crippen LogP contribution is 2.37. The zero-order valence-electron chi connectivity index (χ0n) is 19.5. The Hall–Kier alpha value is -3.97. The van der Waals surface area contributed by atoms with Crippen LogP contribution in [0, 0.1) is 5.82 Å². The zero-order valence-corrected chi connectivity index (χ0v) is 21.9. The van der Waals surface area contributed by atoms with E-state index in [2.05, 4.69) is 31.1 Å². The summed E-state index contributed by atoms with van der Waals surface area (Å²) in [5.41, 5.74) is 0.602. The van der Waals surface area contributed by atoms with Gasteiger partial charge < -0.3 is 19.6 Å². The van der Waals surface area contributed by atoms with Crippen molar-refractivity contribution in [3.63, 3.8) is 0 Å². The van der Waals surface area contributed by atoms with Gasteiger partial charge in [-0.05, 0) is 54.6 Å². The third kappa shape index (κ3) is 5.42. The fourth-order valence-corrected chi connectivity index (χ4v) is 5.32. The molecule has 10 nitrogen and oxygen atoms in total. The number of aromatic nitrogens is 1.